The highest BCUT2D eigenvalue weighted by Crippen LogP contribution is 2.29. The summed E-state index contributed by atoms with van der Waals surface area (Å²) in [5.74, 6) is 0. The molecule has 0 fully saturated rings. The number of unbranched alkanes of at least 4 members (excludes halogenated alkanes) is 1. The molecule has 0 atom stereocenters. The Morgan fingerprint density at radius 3 is 2.35 bits per heavy atom. The predicted molar refractivity (Wildman–Crippen MR) is 101 cm³/mol. The zero-order valence-electron chi connectivity index (χ0n) is 14.6. The molecule has 0 bridgehead atoms. The first-order chi connectivity index (χ1) is 12.4. The maximum atomic E-state index is 11.2. The fraction of sp³-hybridized carbons (Fsp3) is 0.278. The average molecular weight is 356 g/mol. The van der Waals surface area contributed by atoms with Crippen LogP contribution in [0.2, 0.25) is 0 Å². The van der Waals surface area contributed by atoms with E-state index in [0.29, 0.717) is 6.42 Å². The van der Waals surface area contributed by atoms with Crippen LogP contribution < -0.4 is 5.43 Å². The minimum atomic E-state index is -0.668. The van der Waals surface area contributed by atoms with Gasteiger partial charge in [-0.3, -0.25) is 25.7 Å². The molecule has 0 saturated carbocycles. The lowest BCUT2D eigenvalue weighted by Gasteiger charge is -2.08. The molecule has 0 aromatic heterocycles. The van der Waals surface area contributed by atoms with Crippen molar-refractivity contribution < 1.29 is 9.85 Å². The van der Waals surface area contributed by atoms with Crippen molar-refractivity contribution in [3.05, 3.63) is 73.8 Å². The Hall–Kier alpha value is -3.29. The van der Waals surface area contributed by atoms with E-state index in [2.05, 4.69) is 17.5 Å². The second kappa shape index (κ2) is 8.70. The van der Waals surface area contributed by atoms with Gasteiger partial charge in [0.15, 0.2) is 0 Å². The van der Waals surface area contributed by atoms with E-state index in [4.69, 9.17) is 0 Å². The van der Waals surface area contributed by atoms with Gasteiger partial charge >= 0.3 is 5.69 Å². The van der Waals surface area contributed by atoms with E-state index < -0.39 is 9.85 Å². The summed E-state index contributed by atoms with van der Waals surface area (Å²) >= 11 is 0. The highest BCUT2D eigenvalue weighted by molar-refractivity contribution is 6.01. The van der Waals surface area contributed by atoms with Crippen LogP contribution in [0.5, 0.6) is 0 Å². The summed E-state index contributed by atoms with van der Waals surface area (Å²) in [5, 5.41) is 26.4. The van der Waals surface area contributed by atoms with Gasteiger partial charge in [-0.2, -0.15) is 5.10 Å². The Morgan fingerprint density at radius 1 is 1.08 bits per heavy atom. The number of hydrogen-bond donors (Lipinski definition) is 1. The minimum absolute atomic E-state index is 0.113. The van der Waals surface area contributed by atoms with Gasteiger partial charge in [0.25, 0.3) is 5.69 Å². The van der Waals surface area contributed by atoms with Crippen LogP contribution in [0.1, 0.15) is 37.3 Å². The minimum Gasteiger partial charge on any atom is -0.271 e. The van der Waals surface area contributed by atoms with Crippen LogP contribution in [-0.2, 0) is 0 Å². The predicted octanol–water partition coefficient (Wildman–Crippen LogP) is 4.82. The molecule has 0 amide bonds. The summed E-state index contributed by atoms with van der Waals surface area (Å²) < 4.78 is 0. The zero-order valence-corrected chi connectivity index (χ0v) is 14.6. The number of nitrogens with zero attached hydrogens (tertiary/aromatic N) is 3. The van der Waals surface area contributed by atoms with Crippen molar-refractivity contribution in [2.45, 2.75) is 33.1 Å². The maximum absolute atomic E-state index is 11.2. The standard InChI is InChI=1S/C18H20N4O4/c1-3-4-5-16(14-8-6-13(2)7-9-14)19-20-17-11-10-15(21(23)24)12-18(17)22(25)26/h6-12,20H,3-5H2,1-2H3/b19-16+. The quantitative estimate of drug-likeness (QED) is 0.414. The number of nitro benzene ring substituents is 2. The Balaban J connectivity index is 2.34. The van der Waals surface area contributed by atoms with Crippen LogP contribution in [0, 0.1) is 27.2 Å². The normalized spacial score (nSPS) is 11.2. The van der Waals surface area contributed by atoms with E-state index >= 15 is 0 Å². The molecule has 0 unspecified atom stereocenters. The van der Waals surface area contributed by atoms with Gasteiger partial charge in [0.2, 0.25) is 0 Å². The number of non-ortho nitro benzene ring substituents is 1. The Bertz CT molecular complexity index is 832. The molecule has 2 rings (SSSR count). The monoisotopic (exact) mass is 356 g/mol. The van der Waals surface area contributed by atoms with E-state index in [-0.39, 0.29) is 17.1 Å². The molecule has 0 aliphatic carbocycles. The molecule has 0 spiro atoms. The summed E-state index contributed by atoms with van der Waals surface area (Å²) in [6, 6.07) is 11.3. The molecular formula is C18H20N4O4. The van der Waals surface area contributed by atoms with E-state index in [1.54, 1.807) is 0 Å². The van der Waals surface area contributed by atoms with Crippen molar-refractivity contribution in [2.75, 3.05) is 5.43 Å². The van der Waals surface area contributed by atoms with E-state index in [9.17, 15) is 20.2 Å². The molecule has 26 heavy (non-hydrogen) atoms. The number of benzene rings is 2. The highest BCUT2D eigenvalue weighted by Gasteiger charge is 2.19. The van der Waals surface area contributed by atoms with Crippen molar-refractivity contribution >= 4 is 22.8 Å². The number of hydrazone groups is 1. The molecule has 8 nitrogen and oxygen atoms in total. The van der Waals surface area contributed by atoms with Gasteiger partial charge in [-0.1, -0.05) is 43.2 Å². The lowest BCUT2D eigenvalue weighted by molar-refractivity contribution is -0.393. The maximum Gasteiger partial charge on any atom is 0.301 e. The molecule has 2 aromatic rings. The molecule has 0 radical (unpaired) electrons. The molecular weight excluding hydrogens is 336 g/mol. The first-order valence-corrected chi connectivity index (χ1v) is 8.24. The molecule has 2 aromatic carbocycles. The van der Waals surface area contributed by atoms with Crippen molar-refractivity contribution in [3.8, 4) is 0 Å². The Morgan fingerprint density at radius 2 is 1.77 bits per heavy atom. The molecule has 0 saturated heterocycles. The van der Waals surface area contributed by atoms with Crippen LogP contribution >= 0.6 is 0 Å². The van der Waals surface area contributed by atoms with Crippen molar-refractivity contribution in [1.82, 2.24) is 0 Å². The Labute approximate surface area is 150 Å². The number of aryl methyl sites for hydroxylation is 1. The van der Waals surface area contributed by atoms with Crippen LogP contribution in [0.3, 0.4) is 0 Å². The van der Waals surface area contributed by atoms with Crippen LogP contribution in [0.15, 0.2) is 47.6 Å². The van der Waals surface area contributed by atoms with Gasteiger partial charge in [-0.25, -0.2) is 0 Å². The summed E-state index contributed by atoms with van der Waals surface area (Å²) in [4.78, 5) is 20.7. The number of rotatable bonds is 8. The Kier molecular flexibility index (Phi) is 6.37. The molecule has 0 aliphatic heterocycles. The van der Waals surface area contributed by atoms with Gasteiger partial charge in [-0.05, 0) is 31.4 Å². The number of hydrogen-bond acceptors (Lipinski definition) is 6. The van der Waals surface area contributed by atoms with Gasteiger partial charge < -0.3 is 0 Å². The second-order valence-corrected chi connectivity index (χ2v) is 5.86. The molecule has 0 aliphatic rings. The van der Waals surface area contributed by atoms with Gasteiger partial charge in [-0.15, -0.1) is 0 Å². The largest absolute Gasteiger partial charge is 0.301 e. The average Bonchev–Trinajstić information content (AvgIpc) is 2.62. The molecule has 1 N–H and O–H groups in total. The van der Waals surface area contributed by atoms with Crippen LogP contribution in [-0.4, -0.2) is 15.6 Å². The smallest absolute Gasteiger partial charge is 0.271 e. The first kappa shape index (κ1) is 19.0. The summed E-state index contributed by atoms with van der Waals surface area (Å²) in [6.07, 6.45) is 2.63. The van der Waals surface area contributed by atoms with Gasteiger partial charge in [0.1, 0.15) is 5.69 Å². The SMILES string of the molecule is CCCC/C(=N\Nc1ccc([N+](=O)[O-])cc1[N+](=O)[O-])c1ccc(C)cc1. The lowest BCUT2D eigenvalue weighted by Crippen LogP contribution is -2.06. The van der Waals surface area contributed by atoms with E-state index in [0.717, 1.165) is 35.7 Å². The zero-order chi connectivity index (χ0) is 19.1. The highest BCUT2D eigenvalue weighted by atomic mass is 16.6. The second-order valence-electron chi connectivity index (χ2n) is 5.86. The number of anilines is 1. The van der Waals surface area contributed by atoms with Crippen LogP contribution in [0.4, 0.5) is 17.1 Å². The third-order valence-corrected chi connectivity index (χ3v) is 3.85. The fourth-order valence-electron chi connectivity index (χ4n) is 2.36. The fourth-order valence-corrected chi connectivity index (χ4v) is 2.36. The molecule has 8 heteroatoms. The lowest BCUT2D eigenvalue weighted by atomic mass is 10.0. The van der Waals surface area contributed by atoms with Crippen molar-refractivity contribution in [1.29, 1.82) is 0 Å². The molecule has 136 valence electrons. The van der Waals surface area contributed by atoms with Gasteiger partial charge in [0.05, 0.1) is 21.6 Å². The van der Waals surface area contributed by atoms with Crippen LogP contribution in [0.25, 0.3) is 0 Å². The molecule has 0 heterocycles. The summed E-state index contributed by atoms with van der Waals surface area (Å²) in [7, 11) is 0. The van der Waals surface area contributed by atoms with Crippen molar-refractivity contribution in [3.63, 3.8) is 0 Å². The first-order valence-electron chi connectivity index (χ1n) is 8.24. The van der Waals surface area contributed by atoms with Crippen molar-refractivity contribution in [2.24, 2.45) is 5.10 Å². The van der Waals surface area contributed by atoms with E-state index in [1.165, 1.54) is 12.1 Å². The number of nitrogens with one attached hydrogen (secondary N) is 1. The summed E-state index contributed by atoms with van der Waals surface area (Å²) in [6.45, 7) is 4.06. The third-order valence-electron chi connectivity index (χ3n) is 3.85. The van der Waals surface area contributed by atoms with E-state index in [1.807, 2.05) is 31.2 Å². The summed E-state index contributed by atoms with van der Waals surface area (Å²) in [5.41, 5.74) is 4.93. The third kappa shape index (κ3) is 4.85. The van der Waals surface area contributed by atoms with Gasteiger partial charge in [0, 0.05) is 6.07 Å². The number of nitro groups is 2. The topological polar surface area (TPSA) is 111 Å².